The van der Waals surface area contributed by atoms with Gasteiger partial charge in [0.1, 0.15) is 0 Å². The minimum absolute atomic E-state index is 0.122. The van der Waals surface area contributed by atoms with E-state index < -0.39 is 0 Å². The van der Waals surface area contributed by atoms with E-state index >= 15 is 0 Å². The molecule has 2 rings (SSSR count). The van der Waals surface area contributed by atoms with E-state index in [0.717, 1.165) is 6.54 Å². The third kappa shape index (κ3) is 2.44. The maximum absolute atomic E-state index is 5.91. The fourth-order valence-electron chi connectivity index (χ4n) is 1.95. The van der Waals surface area contributed by atoms with E-state index in [9.17, 15) is 0 Å². The quantitative estimate of drug-likeness (QED) is 0.723. The highest BCUT2D eigenvalue weighted by molar-refractivity contribution is 4.98. The summed E-state index contributed by atoms with van der Waals surface area (Å²) in [5.41, 5.74) is 0.576. The second-order valence-electron chi connectivity index (χ2n) is 5.48. The van der Waals surface area contributed by atoms with Crippen LogP contribution in [0.5, 0.6) is 0 Å². The lowest BCUT2D eigenvalue weighted by molar-refractivity contribution is -0.0153. The minimum atomic E-state index is 0.122. The third-order valence-corrected chi connectivity index (χ3v) is 3.31. The molecule has 1 aliphatic heterocycles. The summed E-state index contributed by atoms with van der Waals surface area (Å²) in [6.45, 7) is 7.71. The van der Waals surface area contributed by atoms with Gasteiger partial charge in [0.05, 0.1) is 11.7 Å². The van der Waals surface area contributed by atoms with Gasteiger partial charge in [-0.25, -0.2) is 0 Å². The van der Waals surface area contributed by atoms with Crippen molar-refractivity contribution in [3.63, 3.8) is 0 Å². The average Bonchev–Trinajstić information content (AvgIpc) is 2.65. The van der Waals surface area contributed by atoms with Crippen LogP contribution < -0.4 is 5.32 Å². The van der Waals surface area contributed by atoms with Crippen LogP contribution in [0.25, 0.3) is 0 Å². The molecule has 0 spiro atoms. The minimum Gasteiger partial charge on any atom is -0.371 e. The molecule has 0 amide bonds. The van der Waals surface area contributed by atoms with Crippen LogP contribution in [0.15, 0.2) is 0 Å². The lowest BCUT2D eigenvalue weighted by atomic mass is 10.1. The average molecular weight is 183 g/mol. The number of nitrogens with one attached hydrogen (secondary N) is 1. The van der Waals surface area contributed by atoms with Gasteiger partial charge in [0.25, 0.3) is 0 Å². The van der Waals surface area contributed by atoms with Gasteiger partial charge in [-0.15, -0.1) is 0 Å². The molecule has 0 aromatic heterocycles. The Labute approximate surface area is 81.0 Å². The molecule has 76 valence electrons. The normalized spacial score (nSPS) is 34.8. The maximum atomic E-state index is 5.91. The van der Waals surface area contributed by atoms with Crippen molar-refractivity contribution in [1.82, 2.24) is 5.32 Å². The van der Waals surface area contributed by atoms with Crippen molar-refractivity contribution in [3.05, 3.63) is 0 Å². The topological polar surface area (TPSA) is 21.3 Å². The summed E-state index contributed by atoms with van der Waals surface area (Å²) in [4.78, 5) is 0. The van der Waals surface area contributed by atoms with Gasteiger partial charge in [-0.3, -0.25) is 0 Å². The van der Waals surface area contributed by atoms with Gasteiger partial charge < -0.3 is 10.1 Å². The molecule has 1 atom stereocenters. The van der Waals surface area contributed by atoms with Crippen molar-refractivity contribution in [2.24, 2.45) is 0 Å². The fraction of sp³-hybridized carbons (Fsp3) is 1.00. The summed E-state index contributed by atoms with van der Waals surface area (Å²) >= 11 is 0. The molecule has 0 radical (unpaired) electrons. The molecular weight excluding hydrogens is 162 g/mol. The first-order valence-electron chi connectivity index (χ1n) is 5.42. The van der Waals surface area contributed by atoms with Crippen LogP contribution in [0.1, 0.15) is 46.5 Å². The third-order valence-electron chi connectivity index (χ3n) is 3.31. The van der Waals surface area contributed by atoms with Crippen molar-refractivity contribution in [1.29, 1.82) is 0 Å². The van der Waals surface area contributed by atoms with E-state index in [4.69, 9.17) is 4.74 Å². The Balaban J connectivity index is 1.72. The van der Waals surface area contributed by atoms with Crippen LogP contribution in [0.4, 0.5) is 0 Å². The van der Waals surface area contributed by atoms with Gasteiger partial charge >= 0.3 is 0 Å². The van der Waals surface area contributed by atoms with Crippen molar-refractivity contribution in [3.8, 4) is 0 Å². The molecule has 13 heavy (non-hydrogen) atoms. The molecule has 2 aliphatic rings. The highest BCUT2D eigenvalue weighted by Gasteiger charge is 2.38. The van der Waals surface area contributed by atoms with E-state index in [1.54, 1.807) is 0 Å². The zero-order chi connectivity index (χ0) is 9.53. The van der Waals surface area contributed by atoms with Crippen LogP contribution in [-0.4, -0.2) is 23.8 Å². The summed E-state index contributed by atoms with van der Waals surface area (Å²) in [6.07, 6.45) is 5.55. The van der Waals surface area contributed by atoms with E-state index in [-0.39, 0.29) is 5.60 Å². The molecule has 2 fully saturated rings. The molecule has 2 nitrogen and oxygen atoms in total. The maximum Gasteiger partial charge on any atom is 0.0708 e. The molecule has 0 aromatic rings. The molecule has 0 aromatic carbocycles. The highest BCUT2D eigenvalue weighted by atomic mass is 16.5. The first-order valence-corrected chi connectivity index (χ1v) is 5.42. The zero-order valence-corrected chi connectivity index (χ0v) is 9.02. The van der Waals surface area contributed by atoms with Gasteiger partial charge in [0.15, 0.2) is 0 Å². The predicted molar refractivity (Wildman–Crippen MR) is 53.8 cm³/mol. The van der Waals surface area contributed by atoms with Gasteiger partial charge in [0, 0.05) is 12.1 Å². The smallest absolute Gasteiger partial charge is 0.0708 e. The van der Waals surface area contributed by atoms with E-state index in [2.05, 4.69) is 26.1 Å². The van der Waals surface area contributed by atoms with Gasteiger partial charge in [0.2, 0.25) is 0 Å². The van der Waals surface area contributed by atoms with Crippen LogP contribution in [0, 0.1) is 0 Å². The molecule has 1 heterocycles. The van der Waals surface area contributed by atoms with Gasteiger partial charge in [-0.1, -0.05) is 0 Å². The largest absolute Gasteiger partial charge is 0.371 e. The Hall–Kier alpha value is -0.0800. The monoisotopic (exact) mass is 183 g/mol. The van der Waals surface area contributed by atoms with Crippen LogP contribution in [-0.2, 0) is 4.74 Å². The summed E-state index contributed by atoms with van der Waals surface area (Å²) < 4.78 is 5.91. The molecule has 1 saturated heterocycles. The van der Waals surface area contributed by atoms with Crippen molar-refractivity contribution in [2.75, 3.05) is 6.54 Å². The van der Waals surface area contributed by atoms with Crippen molar-refractivity contribution in [2.45, 2.75) is 63.7 Å². The summed E-state index contributed by atoms with van der Waals surface area (Å²) in [7, 11) is 0. The SMILES string of the molecule is CC1(NCC2CCC(C)(C)O2)CC1. The Morgan fingerprint density at radius 1 is 1.23 bits per heavy atom. The molecule has 1 unspecified atom stereocenters. The van der Waals surface area contributed by atoms with E-state index in [1.807, 2.05) is 0 Å². The standard InChI is InChI=1S/C11H21NO/c1-10(2)5-4-9(13-10)8-12-11(3)6-7-11/h9,12H,4-8H2,1-3H3. The molecule has 1 aliphatic carbocycles. The zero-order valence-electron chi connectivity index (χ0n) is 9.02. The molecule has 1 N–H and O–H groups in total. The Morgan fingerprint density at radius 2 is 1.92 bits per heavy atom. The van der Waals surface area contributed by atoms with Gasteiger partial charge in [-0.05, 0) is 46.5 Å². The Kier molecular flexibility index (Phi) is 2.16. The molecular formula is C11H21NO. The lowest BCUT2D eigenvalue weighted by Crippen LogP contribution is -2.36. The first kappa shape index (κ1) is 9.47. The number of hydrogen-bond donors (Lipinski definition) is 1. The predicted octanol–water partition coefficient (Wildman–Crippen LogP) is 2.09. The van der Waals surface area contributed by atoms with E-state index in [1.165, 1.54) is 25.7 Å². The lowest BCUT2D eigenvalue weighted by Gasteiger charge is -2.21. The Morgan fingerprint density at radius 3 is 2.38 bits per heavy atom. The highest BCUT2D eigenvalue weighted by Crippen LogP contribution is 2.35. The van der Waals surface area contributed by atoms with Crippen LogP contribution in [0.2, 0.25) is 0 Å². The molecule has 2 heteroatoms. The van der Waals surface area contributed by atoms with Crippen LogP contribution >= 0.6 is 0 Å². The number of hydrogen-bond acceptors (Lipinski definition) is 2. The summed E-state index contributed by atoms with van der Waals surface area (Å²) in [5.74, 6) is 0. The second-order valence-corrected chi connectivity index (χ2v) is 5.48. The van der Waals surface area contributed by atoms with Crippen molar-refractivity contribution >= 4 is 0 Å². The van der Waals surface area contributed by atoms with E-state index in [0.29, 0.717) is 11.6 Å². The number of rotatable bonds is 3. The van der Waals surface area contributed by atoms with Crippen molar-refractivity contribution < 1.29 is 4.74 Å². The summed E-state index contributed by atoms with van der Waals surface area (Å²) in [5, 5.41) is 3.59. The Bertz CT molecular complexity index is 196. The summed E-state index contributed by atoms with van der Waals surface area (Å²) in [6, 6.07) is 0. The van der Waals surface area contributed by atoms with Gasteiger partial charge in [-0.2, -0.15) is 0 Å². The fourth-order valence-corrected chi connectivity index (χ4v) is 1.95. The number of ether oxygens (including phenoxy) is 1. The second kappa shape index (κ2) is 2.96. The molecule has 1 saturated carbocycles. The molecule has 0 bridgehead atoms. The first-order chi connectivity index (χ1) is 5.99. The van der Waals surface area contributed by atoms with Crippen LogP contribution in [0.3, 0.4) is 0 Å².